The van der Waals surface area contributed by atoms with Crippen LogP contribution in [0.1, 0.15) is 50.0 Å². The molecular weight excluding hydrogens is 298 g/mol. The highest BCUT2D eigenvalue weighted by molar-refractivity contribution is 5.94. The van der Waals surface area contributed by atoms with Crippen LogP contribution in [0.25, 0.3) is 0 Å². The molecule has 2 rings (SSSR count). The van der Waals surface area contributed by atoms with Crippen molar-refractivity contribution in [2.45, 2.75) is 39.5 Å². The Morgan fingerprint density at radius 2 is 1.62 bits per heavy atom. The number of amides is 1. The summed E-state index contributed by atoms with van der Waals surface area (Å²) in [4.78, 5) is 17.2. The molecule has 1 N–H and O–H groups in total. The van der Waals surface area contributed by atoms with Crippen molar-refractivity contribution >= 4 is 5.91 Å². The number of likely N-dealkylation sites (N-methyl/N-ethyl adjacent to an activating group) is 1. The van der Waals surface area contributed by atoms with Gasteiger partial charge in [0.25, 0.3) is 5.91 Å². The summed E-state index contributed by atoms with van der Waals surface area (Å²) >= 11 is 0. The normalized spacial score (nSPS) is 17.0. The maximum atomic E-state index is 12.2. The summed E-state index contributed by atoms with van der Waals surface area (Å²) in [6.45, 7) is 16.4. The van der Waals surface area contributed by atoms with Crippen molar-refractivity contribution in [3.63, 3.8) is 0 Å². The highest BCUT2D eigenvalue weighted by Gasteiger charge is 2.15. The standard InChI is InChI=1S/C20H33N3O/c1-5-22-13-15-23(16-14-22)12-6-11-21-19(24)17-7-9-18(10-8-17)20(2,3)4/h7-10H,5-6,11-16H2,1-4H3,(H,21,24). The Hall–Kier alpha value is -1.39. The second-order valence-electron chi connectivity index (χ2n) is 7.71. The molecule has 4 nitrogen and oxygen atoms in total. The zero-order valence-corrected chi connectivity index (χ0v) is 15.8. The Kier molecular flexibility index (Phi) is 6.81. The minimum Gasteiger partial charge on any atom is -0.352 e. The molecule has 0 unspecified atom stereocenters. The molecule has 0 radical (unpaired) electrons. The molecule has 1 aromatic rings. The van der Waals surface area contributed by atoms with Crippen molar-refractivity contribution in [2.75, 3.05) is 45.8 Å². The first-order valence-electron chi connectivity index (χ1n) is 9.23. The minimum atomic E-state index is 0.0336. The van der Waals surface area contributed by atoms with Gasteiger partial charge < -0.3 is 15.1 Å². The summed E-state index contributed by atoms with van der Waals surface area (Å²) in [7, 11) is 0. The molecule has 0 aliphatic carbocycles. The lowest BCUT2D eigenvalue weighted by Gasteiger charge is -2.33. The van der Waals surface area contributed by atoms with Gasteiger partial charge in [-0.25, -0.2) is 0 Å². The van der Waals surface area contributed by atoms with E-state index in [4.69, 9.17) is 0 Å². The predicted octanol–water partition coefficient (Wildman–Crippen LogP) is 2.74. The van der Waals surface area contributed by atoms with E-state index < -0.39 is 0 Å². The van der Waals surface area contributed by atoms with Gasteiger partial charge in [-0.05, 0) is 42.6 Å². The fourth-order valence-electron chi connectivity index (χ4n) is 3.06. The van der Waals surface area contributed by atoms with E-state index in [-0.39, 0.29) is 11.3 Å². The maximum absolute atomic E-state index is 12.2. The van der Waals surface area contributed by atoms with Crippen molar-refractivity contribution in [1.82, 2.24) is 15.1 Å². The summed E-state index contributed by atoms with van der Waals surface area (Å²) in [5, 5.41) is 3.04. The van der Waals surface area contributed by atoms with Gasteiger partial charge in [0.15, 0.2) is 0 Å². The average Bonchev–Trinajstić information content (AvgIpc) is 2.58. The molecule has 0 spiro atoms. The number of rotatable bonds is 6. The lowest BCUT2D eigenvalue weighted by atomic mass is 9.87. The lowest BCUT2D eigenvalue weighted by molar-refractivity contribution is 0.0948. The second-order valence-corrected chi connectivity index (χ2v) is 7.71. The van der Waals surface area contributed by atoms with Crippen LogP contribution in [-0.2, 0) is 5.41 Å². The summed E-state index contributed by atoms with van der Waals surface area (Å²) in [6, 6.07) is 7.98. The Morgan fingerprint density at radius 3 is 2.17 bits per heavy atom. The van der Waals surface area contributed by atoms with E-state index in [1.54, 1.807) is 0 Å². The van der Waals surface area contributed by atoms with E-state index in [2.05, 4.69) is 54.9 Å². The Bertz CT molecular complexity index is 511. The Balaban J connectivity index is 1.68. The summed E-state index contributed by atoms with van der Waals surface area (Å²) in [6.07, 6.45) is 1.01. The van der Waals surface area contributed by atoms with Crippen LogP contribution in [0, 0.1) is 0 Å². The molecule has 1 heterocycles. The van der Waals surface area contributed by atoms with E-state index in [1.165, 1.54) is 18.7 Å². The fourth-order valence-corrected chi connectivity index (χ4v) is 3.06. The SMILES string of the molecule is CCN1CCN(CCCNC(=O)c2ccc(C(C)(C)C)cc2)CC1. The van der Waals surface area contributed by atoms with Gasteiger partial charge in [0.1, 0.15) is 0 Å². The Morgan fingerprint density at radius 1 is 1.04 bits per heavy atom. The molecule has 1 aliphatic heterocycles. The Labute approximate surface area is 147 Å². The van der Waals surface area contributed by atoms with Crippen molar-refractivity contribution in [1.29, 1.82) is 0 Å². The molecular formula is C20H33N3O. The first kappa shape index (κ1) is 18.9. The van der Waals surface area contributed by atoms with Crippen LogP contribution in [0.3, 0.4) is 0 Å². The van der Waals surface area contributed by atoms with Gasteiger partial charge in [-0.15, -0.1) is 0 Å². The fraction of sp³-hybridized carbons (Fsp3) is 0.650. The van der Waals surface area contributed by atoms with Crippen LogP contribution in [0.2, 0.25) is 0 Å². The molecule has 0 aromatic heterocycles. The molecule has 0 atom stereocenters. The average molecular weight is 332 g/mol. The van der Waals surface area contributed by atoms with E-state index in [0.29, 0.717) is 0 Å². The van der Waals surface area contributed by atoms with Gasteiger partial charge in [0.05, 0.1) is 0 Å². The third kappa shape index (κ3) is 5.60. The monoisotopic (exact) mass is 331 g/mol. The van der Waals surface area contributed by atoms with E-state index in [9.17, 15) is 4.79 Å². The van der Waals surface area contributed by atoms with Crippen LogP contribution in [0.5, 0.6) is 0 Å². The number of hydrogen-bond acceptors (Lipinski definition) is 3. The molecule has 1 aliphatic rings. The van der Waals surface area contributed by atoms with Gasteiger partial charge in [-0.2, -0.15) is 0 Å². The number of piperazine rings is 1. The largest absolute Gasteiger partial charge is 0.352 e. The van der Waals surface area contributed by atoms with Crippen LogP contribution in [0.4, 0.5) is 0 Å². The lowest BCUT2D eigenvalue weighted by Crippen LogP contribution is -2.46. The van der Waals surface area contributed by atoms with Crippen LogP contribution >= 0.6 is 0 Å². The van der Waals surface area contributed by atoms with Crippen molar-refractivity contribution < 1.29 is 4.79 Å². The molecule has 1 fully saturated rings. The number of hydrogen-bond donors (Lipinski definition) is 1. The number of carbonyl (C=O) groups is 1. The minimum absolute atomic E-state index is 0.0336. The number of nitrogens with one attached hydrogen (secondary N) is 1. The number of carbonyl (C=O) groups excluding carboxylic acids is 1. The van der Waals surface area contributed by atoms with Gasteiger partial charge in [-0.1, -0.05) is 39.8 Å². The first-order chi connectivity index (χ1) is 11.4. The summed E-state index contributed by atoms with van der Waals surface area (Å²) < 4.78 is 0. The first-order valence-corrected chi connectivity index (χ1v) is 9.23. The van der Waals surface area contributed by atoms with Crippen LogP contribution in [0.15, 0.2) is 24.3 Å². The van der Waals surface area contributed by atoms with Crippen LogP contribution in [-0.4, -0.2) is 61.5 Å². The summed E-state index contributed by atoms with van der Waals surface area (Å²) in [5.41, 5.74) is 2.13. The number of benzene rings is 1. The number of nitrogens with zero attached hydrogens (tertiary/aromatic N) is 2. The van der Waals surface area contributed by atoms with Crippen molar-refractivity contribution in [3.05, 3.63) is 35.4 Å². The zero-order valence-electron chi connectivity index (χ0n) is 15.8. The third-order valence-electron chi connectivity index (χ3n) is 4.86. The molecule has 134 valence electrons. The predicted molar refractivity (Wildman–Crippen MR) is 101 cm³/mol. The third-order valence-corrected chi connectivity index (χ3v) is 4.86. The van der Waals surface area contributed by atoms with Gasteiger partial charge in [-0.3, -0.25) is 4.79 Å². The molecule has 1 aromatic carbocycles. The summed E-state index contributed by atoms with van der Waals surface area (Å²) in [5.74, 6) is 0.0336. The van der Waals surface area contributed by atoms with E-state index >= 15 is 0 Å². The van der Waals surface area contributed by atoms with Crippen molar-refractivity contribution in [3.8, 4) is 0 Å². The highest BCUT2D eigenvalue weighted by atomic mass is 16.1. The zero-order chi connectivity index (χ0) is 17.6. The van der Waals surface area contributed by atoms with Gasteiger partial charge >= 0.3 is 0 Å². The molecule has 4 heteroatoms. The molecule has 1 amide bonds. The van der Waals surface area contributed by atoms with Gasteiger partial charge in [0, 0.05) is 38.3 Å². The quantitative estimate of drug-likeness (QED) is 0.814. The molecule has 1 saturated heterocycles. The van der Waals surface area contributed by atoms with Crippen LogP contribution < -0.4 is 5.32 Å². The van der Waals surface area contributed by atoms with Gasteiger partial charge in [0.2, 0.25) is 0 Å². The molecule has 0 bridgehead atoms. The topological polar surface area (TPSA) is 35.6 Å². The second kappa shape index (κ2) is 8.63. The smallest absolute Gasteiger partial charge is 0.251 e. The van der Waals surface area contributed by atoms with E-state index in [1.807, 2.05) is 12.1 Å². The van der Waals surface area contributed by atoms with E-state index in [0.717, 1.165) is 44.7 Å². The highest BCUT2D eigenvalue weighted by Crippen LogP contribution is 2.22. The molecule has 24 heavy (non-hydrogen) atoms. The maximum Gasteiger partial charge on any atom is 0.251 e. The molecule has 0 saturated carbocycles. The van der Waals surface area contributed by atoms with Crippen molar-refractivity contribution in [2.24, 2.45) is 0 Å².